The average molecular weight is 133 g/mol. The summed E-state index contributed by atoms with van der Waals surface area (Å²) < 4.78 is 4.96. The monoisotopic (exact) mass is 133 g/mol. The van der Waals surface area contributed by atoms with Crippen LogP contribution in [0.25, 0.3) is 0 Å². The Balaban J connectivity index is 2.87. The third-order valence-corrected chi connectivity index (χ3v) is 1.24. The summed E-state index contributed by atoms with van der Waals surface area (Å²) in [6.07, 6.45) is 0. The SMILES string of the molecule is [B]Nc1cccc(OC)c1. The van der Waals surface area contributed by atoms with Crippen LogP contribution in [0.1, 0.15) is 0 Å². The molecule has 1 N–H and O–H groups in total. The lowest BCUT2D eigenvalue weighted by atomic mass is 10.2. The van der Waals surface area contributed by atoms with Crippen molar-refractivity contribution >= 4 is 13.7 Å². The first kappa shape index (κ1) is 7.00. The minimum absolute atomic E-state index is 0.801. The zero-order valence-corrected chi connectivity index (χ0v) is 5.79. The molecule has 0 bridgehead atoms. The molecule has 0 amide bonds. The smallest absolute Gasteiger partial charge is 0.222 e. The van der Waals surface area contributed by atoms with Gasteiger partial charge in [-0.3, -0.25) is 0 Å². The second kappa shape index (κ2) is 3.15. The summed E-state index contributed by atoms with van der Waals surface area (Å²) in [5.41, 5.74) is 0.847. The second-order valence-electron chi connectivity index (χ2n) is 1.88. The van der Waals surface area contributed by atoms with E-state index in [0.717, 1.165) is 11.4 Å². The van der Waals surface area contributed by atoms with Crippen LogP contribution in [-0.2, 0) is 0 Å². The molecule has 0 aromatic heterocycles. The maximum Gasteiger partial charge on any atom is 0.222 e. The van der Waals surface area contributed by atoms with E-state index < -0.39 is 0 Å². The lowest BCUT2D eigenvalue weighted by Gasteiger charge is -2.02. The number of rotatable bonds is 2. The van der Waals surface area contributed by atoms with Crippen molar-refractivity contribution in [3.63, 3.8) is 0 Å². The highest BCUT2D eigenvalue weighted by Gasteiger charge is 1.89. The van der Waals surface area contributed by atoms with Crippen LogP contribution in [0.15, 0.2) is 24.3 Å². The fourth-order valence-electron chi connectivity index (χ4n) is 0.713. The molecule has 1 aromatic carbocycles. The Hall–Kier alpha value is -1.12. The number of benzene rings is 1. The highest BCUT2D eigenvalue weighted by Crippen LogP contribution is 2.15. The summed E-state index contributed by atoms with van der Waals surface area (Å²) in [6, 6.07) is 7.41. The Morgan fingerprint density at radius 3 is 2.90 bits per heavy atom. The van der Waals surface area contributed by atoms with Gasteiger partial charge in [0, 0.05) is 11.8 Å². The third kappa shape index (κ3) is 1.44. The summed E-state index contributed by atoms with van der Waals surface area (Å²) in [5.74, 6) is 0.801. The van der Waals surface area contributed by atoms with E-state index in [9.17, 15) is 0 Å². The van der Waals surface area contributed by atoms with Crippen molar-refractivity contribution in [3.8, 4) is 5.75 Å². The van der Waals surface area contributed by atoms with E-state index >= 15 is 0 Å². The predicted molar refractivity (Wildman–Crippen MR) is 42.4 cm³/mol. The van der Waals surface area contributed by atoms with Crippen molar-refractivity contribution < 1.29 is 4.74 Å². The first-order valence-corrected chi connectivity index (χ1v) is 2.97. The molecule has 0 saturated carbocycles. The quantitative estimate of drug-likeness (QED) is 0.611. The van der Waals surface area contributed by atoms with Gasteiger partial charge in [0.15, 0.2) is 0 Å². The number of hydrogen-bond acceptors (Lipinski definition) is 2. The second-order valence-corrected chi connectivity index (χ2v) is 1.88. The lowest BCUT2D eigenvalue weighted by Crippen LogP contribution is -1.90. The highest BCUT2D eigenvalue weighted by molar-refractivity contribution is 6.15. The minimum Gasteiger partial charge on any atom is -0.497 e. The Labute approximate surface area is 61.6 Å². The van der Waals surface area contributed by atoms with E-state index in [1.165, 1.54) is 0 Å². The number of hydrogen-bond donors (Lipinski definition) is 1. The van der Waals surface area contributed by atoms with E-state index in [-0.39, 0.29) is 0 Å². The standard InChI is InChI=1S/C7H8BNO/c1-10-7-4-2-3-6(5-7)9-8/h2-5,9H,1H3. The van der Waals surface area contributed by atoms with Crippen molar-refractivity contribution in [2.24, 2.45) is 0 Å². The number of nitrogens with one attached hydrogen (secondary N) is 1. The molecular formula is C7H8BNO. The molecule has 3 heteroatoms. The van der Waals surface area contributed by atoms with Gasteiger partial charge in [-0.15, -0.1) is 0 Å². The topological polar surface area (TPSA) is 21.3 Å². The zero-order chi connectivity index (χ0) is 7.40. The normalized spacial score (nSPS) is 8.90. The Morgan fingerprint density at radius 1 is 1.50 bits per heavy atom. The number of methoxy groups -OCH3 is 1. The lowest BCUT2D eigenvalue weighted by molar-refractivity contribution is 0.415. The zero-order valence-electron chi connectivity index (χ0n) is 5.79. The van der Waals surface area contributed by atoms with Crippen LogP contribution in [0.3, 0.4) is 0 Å². The van der Waals surface area contributed by atoms with Gasteiger partial charge in [-0.25, -0.2) is 0 Å². The van der Waals surface area contributed by atoms with Gasteiger partial charge in [-0.1, -0.05) is 6.07 Å². The van der Waals surface area contributed by atoms with Crippen LogP contribution < -0.4 is 9.96 Å². The summed E-state index contributed by atoms with van der Waals surface area (Å²) in [5, 5.41) is 2.52. The molecule has 2 nitrogen and oxygen atoms in total. The molecule has 0 spiro atoms. The van der Waals surface area contributed by atoms with Crippen LogP contribution in [-0.4, -0.2) is 15.1 Å². The van der Waals surface area contributed by atoms with Crippen molar-refractivity contribution in [2.45, 2.75) is 0 Å². The predicted octanol–water partition coefficient (Wildman–Crippen LogP) is 1.19. The first-order chi connectivity index (χ1) is 4.86. The van der Waals surface area contributed by atoms with Gasteiger partial charge >= 0.3 is 0 Å². The number of anilines is 1. The molecule has 0 atom stereocenters. The summed E-state index contributed by atoms with van der Waals surface area (Å²) in [6.45, 7) is 0. The van der Waals surface area contributed by atoms with Crippen LogP contribution in [0.2, 0.25) is 0 Å². The maximum absolute atomic E-state index is 5.17. The first-order valence-electron chi connectivity index (χ1n) is 2.97. The number of ether oxygens (including phenoxy) is 1. The highest BCUT2D eigenvalue weighted by atomic mass is 16.5. The molecule has 1 rings (SSSR count). The average Bonchev–Trinajstić information content (AvgIpc) is 2.05. The van der Waals surface area contributed by atoms with Gasteiger partial charge in [-0.2, -0.15) is 0 Å². The van der Waals surface area contributed by atoms with Gasteiger partial charge in [0.05, 0.1) is 7.11 Å². The molecule has 50 valence electrons. The molecule has 2 radical (unpaired) electrons. The van der Waals surface area contributed by atoms with Crippen LogP contribution in [0, 0.1) is 0 Å². The molecule has 0 fully saturated rings. The van der Waals surface area contributed by atoms with E-state index in [4.69, 9.17) is 12.7 Å². The van der Waals surface area contributed by atoms with Crippen LogP contribution >= 0.6 is 0 Å². The largest absolute Gasteiger partial charge is 0.497 e. The molecule has 10 heavy (non-hydrogen) atoms. The molecule has 0 aliphatic heterocycles. The van der Waals surface area contributed by atoms with E-state index in [1.807, 2.05) is 24.3 Å². The van der Waals surface area contributed by atoms with E-state index in [2.05, 4.69) is 5.23 Å². The van der Waals surface area contributed by atoms with Gasteiger partial charge in [0.1, 0.15) is 5.75 Å². The summed E-state index contributed by atoms with van der Waals surface area (Å²) in [4.78, 5) is 0. The molecule has 1 aromatic rings. The Bertz CT molecular complexity index is 195. The van der Waals surface area contributed by atoms with Gasteiger partial charge in [0.2, 0.25) is 7.98 Å². The molecular weight excluding hydrogens is 125 g/mol. The molecule has 0 heterocycles. The summed E-state index contributed by atoms with van der Waals surface area (Å²) in [7, 11) is 6.79. The van der Waals surface area contributed by atoms with Gasteiger partial charge in [0.25, 0.3) is 0 Å². The molecule has 0 saturated heterocycles. The van der Waals surface area contributed by atoms with E-state index in [1.54, 1.807) is 7.11 Å². The van der Waals surface area contributed by atoms with Crippen LogP contribution in [0.4, 0.5) is 5.69 Å². The van der Waals surface area contributed by atoms with Crippen molar-refractivity contribution in [1.82, 2.24) is 0 Å². The van der Waals surface area contributed by atoms with Gasteiger partial charge < -0.3 is 9.96 Å². The Morgan fingerprint density at radius 2 is 2.30 bits per heavy atom. The molecule has 0 aliphatic rings. The third-order valence-electron chi connectivity index (χ3n) is 1.24. The van der Waals surface area contributed by atoms with Gasteiger partial charge in [-0.05, 0) is 12.1 Å². The van der Waals surface area contributed by atoms with Crippen molar-refractivity contribution in [3.05, 3.63) is 24.3 Å². The Kier molecular flexibility index (Phi) is 2.21. The van der Waals surface area contributed by atoms with Crippen molar-refractivity contribution in [1.29, 1.82) is 0 Å². The fraction of sp³-hybridized carbons (Fsp3) is 0.143. The minimum atomic E-state index is 0.801. The molecule has 0 unspecified atom stereocenters. The maximum atomic E-state index is 5.17. The van der Waals surface area contributed by atoms with Crippen LogP contribution in [0.5, 0.6) is 5.75 Å². The van der Waals surface area contributed by atoms with Crippen molar-refractivity contribution in [2.75, 3.05) is 12.3 Å². The van der Waals surface area contributed by atoms with E-state index in [0.29, 0.717) is 0 Å². The molecule has 0 aliphatic carbocycles. The fourth-order valence-corrected chi connectivity index (χ4v) is 0.713. The summed E-state index contributed by atoms with van der Waals surface area (Å²) >= 11 is 0.